The van der Waals surface area contributed by atoms with Gasteiger partial charge in [-0.25, -0.2) is 14.1 Å². The molecule has 0 aromatic heterocycles. The smallest absolute Gasteiger partial charge is 0.335 e. The normalized spacial score (nSPS) is 16.9. The fourth-order valence-corrected chi connectivity index (χ4v) is 2.63. The summed E-state index contributed by atoms with van der Waals surface area (Å²) in [5.41, 5.74) is 0.404. The van der Waals surface area contributed by atoms with Crippen molar-refractivity contribution in [1.82, 2.24) is 5.32 Å². The first kappa shape index (κ1) is 19.3. The number of benzene rings is 2. The fourth-order valence-electron chi connectivity index (χ4n) is 2.63. The summed E-state index contributed by atoms with van der Waals surface area (Å²) in [7, 11) is 0. The molecule has 0 bridgehead atoms. The van der Waals surface area contributed by atoms with E-state index in [2.05, 4.69) is 5.32 Å². The molecule has 6 nitrogen and oxygen atoms in total. The zero-order valence-corrected chi connectivity index (χ0v) is 15.4. The molecule has 1 atom stereocenters. The topological polar surface area (TPSA) is 75.7 Å². The van der Waals surface area contributed by atoms with Crippen molar-refractivity contribution in [2.75, 3.05) is 4.90 Å². The molecule has 1 N–H and O–H groups in total. The van der Waals surface area contributed by atoms with Crippen LogP contribution in [0.2, 0.25) is 0 Å². The van der Waals surface area contributed by atoms with Gasteiger partial charge in [0.1, 0.15) is 17.1 Å². The molecule has 1 saturated heterocycles. The van der Waals surface area contributed by atoms with E-state index < -0.39 is 23.7 Å². The molecule has 0 spiro atoms. The summed E-state index contributed by atoms with van der Waals surface area (Å²) in [4.78, 5) is 37.8. The minimum atomic E-state index is -0.921. The van der Waals surface area contributed by atoms with E-state index in [0.29, 0.717) is 11.3 Å². The Morgan fingerprint density at radius 2 is 1.86 bits per heavy atom. The predicted molar refractivity (Wildman–Crippen MR) is 102 cm³/mol. The van der Waals surface area contributed by atoms with Gasteiger partial charge in [-0.2, -0.15) is 0 Å². The fraction of sp³-hybridized carbons (Fsp3) is 0.190. The van der Waals surface area contributed by atoms with Gasteiger partial charge in [0.05, 0.1) is 11.8 Å². The predicted octanol–water partition coefficient (Wildman–Crippen LogP) is 3.67. The Morgan fingerprint density at radius 3 is 2.50 bits per heavy atom. The standard InChI is InChI=1S/C21H19FN2O4/c1-3-13(2)28-17-9-7-14(8-10-17)11-18-19(25)23-21(27)24(20(18)26)16-6-4-5-15(22)12-16/h4-13H,3H2,1-2H3,(H,23,25,27)/b18-11+/t13-/m1/s1. The molecule has 0 radical (unpaired) electrons. The molecule has 28 heavy (non-hydrogen) atoms. The average molecular weight is 382 g/mol. The van der Waals surface area contributed by atoms with Gasteiger partial charge in [0.25, 0.3) is 11.8 Å². The van der Waals surface area contributed by atoms with E-state index in [1.807, 2.05) is 13.8 Å². The molecule has 1 heterocycles. The Bertz CT molecular complexity index is 953. The Labute approximate surface area is 161 Å². The molecule has 0 unspecified atom stereocenters. The number of carbonyl (C=O) groups excluding carboxylic acids is 3. The van der Waals surface area contributed by atoms with Gasteiger partial charge in [0.15, 0.2) is 0 Å². The maximum absolute atomic E-state index is 13.5. The van der Waals surface area contributed by atoms with Crippen LogP contribution in [0.1, 0.15) is 25.8 Å². The molecule has 3 rings (SSSR count). The molecular weight excluding hydrogens is 363 g/mol. The van der Waals surface area contributed by atoms with Crippen LogP contribution in [0.4, 0.5) is 14.9 Å². The first-order valence-electron chi connectivity index (χ1n) is 8.82. The van der Waals surface area contributed by atoms with Crippen molar-refractivity contribution in [3.8, 4) is 5.75 Å². The highest BCUT2D eigenvalue weighted by Gasteiger charge is 2.36. The van der Waals surface area contributed by atoms with Crippen molar-refractivity contribution in [3.63, 3.8) is 0 Å². The molecule has 7 heteroatoms. The number of rotatable bonds is 5. The van der Waals surface area contributed by atoms with E-state index in [1.54, 1.807) is 24.3 Å². The quantitative estimate of drug-likeness (QED) is 0.632. The highest BCUT2D eigenvalue weighted by molar-refractivity contribution is 6.39. The highest BCUT2D eigenvalue weighted by atomic mass is 19.1. The molecule has 1 fully saturated rings. The summed E-state index contributed by atoms with van der Waals surface area (Å²) in [5.74, 6) is -1.55. The van der Waals surface area contributed by atoms with Gasteiger partial charge in [-0.05, 0) is 55.3 Å². The largest absolute Gasteiger partial charge is 0.491 e. The van der Waals surface area contributed by atoms with Gasteiger partial charge in [-0.3, -0.25) is 14.9 Å². The molecule has 0 aliphatic carbocycles. The molecular formula is C21H19FN2O4. The van der Waals surface area contributed by atoms with Crippen molar-refractivity contribution in [2.24, 2.45) is 0 Å². The summed E-state index contributed by atoms with van der Waals surface area (Å²) in [6.45, 7) is 3.97. The van der Waals surface area contributed by atoms with Gasteiger partial charge in [0, 0.05) is 0 Å². The number of barbiturate groups is 1. The lowest BCUT2D eigenvalue weighted by Gasteiger charge is -2.26. The molecule has 2 aromatic carbocycles. The highest BCUT2D eigenvalue weighted by Crippen LogP contribution is 2.23. The van der Waals surface area contributed by atoms with Crippen LogP contribution in [0.15, 0.2) is 54.1 Å². The van der Waals surface area contributed by atoms with Crippen LogP contribution >= 0.6 is 0 Å². The Kier molecular flexibility index (Phi) is 5.54. The van der Waals surface area contributed by atoms with Gasteiger partial charge in [-0.1, -0.05) is 25.1 Å². The lowest BCUT2D eigenvalue weighted by Crippen LogP contribution is -2.54. The summed E-state index contributed by atoms with van der Waals surface area (Å²) in [6.07, 6.45) is 2.31. The third kappa shape index (κ3) is 4.09. The van der Waals surface area contributed by atoms with E-state index in [-0.39, 0.29) is 17.4 Å². The monoisotopic (exact) mass is 382 g/mol. The summed E-state index contributed by atoms with van der Waals surface area (Å²) in [6, 6.07) is 11.0. The maximum atomic E-state index is 13.5. The van der Waals surface area contributed by atoms with Gasteiger partial charge >= 0.3 is 6.03 Å². The van der Waals surface area contributed by atoms with E-state index in [4.69, 9.17) is 4.74 Å². The third-order valence-corrected chi connectivity index (χ3v) is 4.27. The number of hydrogen-bond donors (Lipinski definition) is 1. The van der Waals surface area contributed by atoms with E-state index in [0.717, 1.165) is 17.4 Å². The third-order valence-electron chi connectivity index (χ3n) is 4.27. The van der Waals surface area contributed by atoms with Crippen molar-refractivity contribution in [3.05, 3.63) is 65.5 Å². The van der Waals surface area contributed by atoms with Gasteiger partial charge < -0.3 is 4.74 Å². The number of imide groups is 2. The Hall–Kier alpha value is -3.48. The maximum Gasteiger partial charge on any atom is 0.335 e. The number of hydrogen-bond acceptors (Lipinski definition) is 4. The Balaban J connectivity index is 1.88. The lowest BCUT2D eigenvalue weighted by atomic mass is 10.1. The van der Waals surface area contributed by atoms with Crippen molar-refractivity contribution in [2.45, 2.75) is 26.4 Å². The van der Waals surface area contributed by atoms with Crippen LogP contribution in [0.5, 0.6) is 5.75 Å². The van der Waals surface area contributed by atoms with Crippen LogP contribution in [-0.4, -0.2) is 23.9 Å². The van der Waals surface area contributed by atoms with E-state index >= 15 is 0 Å². The first-order valence-corrected chi connectivity index (χ1v) is 8.82. The second kappa shape index (κ2) is 8.04. The molecule has 1 aliphatic heterocycles. The molecule has 1 aliphatic rings. The molecule has 0 saturated carbocycles. The van der Waals surface area contributed by atoms with Crippen LogP contribution < -0.4 is 15.0 Å². The van der Waals surface area contributed by atoms with Crippen LogP contribution in [0.3, 0.4) is 0 Å². The minimum absolute atomic E-state index is 0.0400. The second-order valence-corrected chi connectivity index (χ2v) is 6.34. The summed E-state index contributed by atoms with van der Waals surface area (Å²) < 4.78 is 19.2. The van der Waals surface area contributed by atoms with Crippen molar-refractivity contribution >= 4 is 29.6 Å². The van der Waals surface area contributed by atoms with Crippen molar-refractivity contribution in [1.29, 1.82) is 0 Å². The van der Waals surface area contributed by atoms with E-state index in [9.17, 15) is 18.8 Å². The second-order valence-electron chi connectivity index (χ2n) is 6.34. The minimum Gasteiger partial charge on any atom is -0.491 e. The average Bonchev–Trinajstić information content (AvgIpc) is 2.66. The zero-order chi connectivity index (χ0) is 20.3. The van der Waals surface area contributed by atoms with Crippen LogP contribution in [0.25, 0.3) is 6.08 Å². The molecule has 4 amide bonds. The number of urea groups is 1. The zero-order valence-electron chi connectivity index (χ0n) is 15.4. The summed E-state index contributed by atoms with van der Waals surface area (Å²) >= 11 is 0. The molecule has 144 valence electrons. The molecule has 2 aromatic rings. The van der Waals surface area contributed by atoms with Gasteiger partial charge in [-0.15, -0.1) is 0 Å². The number of anilines is 1. The SMILES string of the molecule is CC[C@@H](C)Oc1ccc(/C=C2\C(=O)NC(=O)N(c3cccc(F)c3)C2=O)cc1. The summed E-state index contributed by atoms with van der Waals surface area (Å²) in [5, 5.41) is 2.10. The van der Waals surface area contributed by atoms with Crippen molar-refractivity contribution < 1.29 is 23.5 Å². The number of ether oxygens (including phenoxy) is 1. The lowest BCUT2D eigenvalue weighted by molar-refractivity contribution is -0.122. The van der Waals surface area contributed by atoms with Crippen LogP contribution in [0, 0.1) is 5.82 Å². The number of halogens is 1. The number of carbonyl (C=O) groups is 3. The van der Waals surface area contributed by atoms with E-state index in [1.165, 1.54) is 24.3 Å². The van der Waals surface area contributed by atoms with Gasteiger partial charge in [0.2, 0.25) is 0 Å². The first-order chi connectivity index (χ1) is 13.4. The van der Waals surface area contributed by atoms with Crippen LogP contribution in [-0.2, 0) is 9.59 Å². The number of nitrogens with zero attached hydrogens (tertiary/aromatic N) is 1. The number of amides is 4. The Morgan fingerprint density at radius 1 is 1.14 bits per heavy atom. The number of nitrogens with one attached hydrogen (secondary N) is 1.